The molecule has 0 spiro atoms. The zero-order valence-electron chi connectivity index (χ0n) is 7.82. The normalized spacial score (nSPS) is 15.2. The van der Waals surface area contributed by atoms with Crippen molar-refractivity contribution < 1.29 is 9.90 Å². The maximum absolute atomic E-state index is 10.7. The average Bonchev–Trinajstić information content (AvgIpc) is 2.87. The van der Waals surface area contributed by atoms with Crippen molar-refractivity contribution >= 4 is 11.9 Å². The van der Waals surface area contributed by atoms with Gasteiger partial charge in [-0.25, -0.2) is 14.8 Å². The van der Waals surface area contributed by atoms with Crippen molar-refractivity contribution in [2.24, 2.45) is 0 Å². The van der Waals surface area contributed by atoms with Crippen molar-refractivity contribution in [3.63, 3.8) is 0 Å². The van der Waals surface area contributed by atoms with Crippen LogP contribution in [0.2, 0.25) is 0 Å². The highest BCUT2D eigenvalue weighted by Crippen LogP contribution is 2.22. The number of nitrogens with one attached hydrogen (secondary N) is 1. The quantitative estimate of drug-likeness (QED) is 0.750. The maximum atomic E-state index is 10.7. The summed E-state index contributed by atoms with van der Waals surface area (Å²) in [5.74, 6) is -0.463. The molecule has 0 amide bonds. The third kappa shape index (κ3) is 1.81. The van der Waals surface area contributed by atoms with Crippen molar-refractivity contribution in [2.75, 3.05) is 5.32 Å². The van der Waals surface area contributed by atoms with Crippen molar-refractivity contribution in [3.8, 4) is 0 Å². The lowest BCUT2D eigenvalue weighted by atomic mass is 10.2. The Morgan fingerprint density at radius 3 is 2.86 bits per heavy atom. The van der Waals surface area contributed by atoms with Crippen LogP contribution in [-0.2, 0) is 0 Å². The van der Waals surface area contributed by atoms with Crippen LogP contribution in [0.5, 0.6) is 0 Å². The van der Waals surface area contributed by atoms with E-state index in [9.17, 15) is 4.79 Å². The van der Waals surface area contributed by atoms with Gasteiger partial charge in [0.25, 0.3) is 0 Å². The molecule has 0 unspecified atom stereocenters. The zero-order valence-corrected chi connectivity index (χ0v) is 7.82. The van der Waals surface area contributed by atoms with Crippen molar-refractivity contribution in [1.82, 2.24) is 9.97 Å². The SMILES string of the molecule is Cc1nc(NC2CC2)ncc1C(=O)O. The molecule has 0 bridgehead atoms. The molecule has 1 fully saturated rings. The largest absolute Gasteiger partial charge is 0.478 e. The fraction of sp³-hybridized carbons (Fsp3) is 0.444. The number of aryl methyl sites for hydroxylation is 1. The number of rotatable bonds is 3. The van der Waals surface area contributed by atoms with Crippen molar-refractivity contribution in [3.05, 3.63) is 17.5 Å². The molecule has 5 heteroatoms. The molecule has 74 valence electrons. The van der Waals surface area contributed by atoms with Gasteiger partial charge in [-0.05, 0) is 19.8 Å². The van der Waals surface area contributed by atoms with Crippen molar-refractivity contribution in [1.29, 1.82) is 0 Å². The summed E-state index contributed by atoms with van der Waals surface area (Å²) in [5.41, 5.74) is 0.655. The van der Waals surface area contributed by atoms with Gasteiger partial charge in [0.15, 0.2) is 0 Å². The molecule has 14 heavy (non-hydrogen) atoms. The van der Waals surface area contributed by atoms with E-state index in [1.807, 2.05) is 0 Å². The summed E-state index contributed by atoms with van der Waals surface area (Å²) in [6.07, 6.45) is 3.63. The van der Waals surface area contributed by atoms with E-state index in [2.05, 4.69) is 15.3 Å². The van der Waals surface area contributed by atoms with Crippen LogP contribution >= 0.6 is 0 Å². The molecule has 0 saturated heterocycles. The molecule has 1 aliphatic carbocycles. The summed E-state index contributed by atoms with van der Waals surface area (Å²) in [6.45, 7) is 1.67. The number of carbonyl (C=O) groups is 1. The van der Waals surface area contributed by atoms with Crippen LogP contribution in [0.1, 0.15) is 28.9 Å². The molecule has 1 aromatic heterocycles. The van der Waals surface area contributed by atoms with Crippen LogP contribution in [0.25, 0.3) is 0 Å². The molecule has 0 aliphatic heterocycles. The molecule has 1 heterocycles. The van der Waals surface area contributed by atoms with E-state index in [4.69, 9.17) is 5.11 Å². The van der Waals surface area contributed by atoms with Crippen molar-refractivity contribution in [2.45, 2.75) is 25.8 Å². The van der Waals surface area contributed by atoms with Gasteiger partial charge in [-0.1, -0.05) is 0 Å². The first-order chi connectivity index (χ1) is 6.66. The molecule has 5 nitrogen and oxygen atoms in total. The number of anilines is 1. The van der Waals surface area contributed by atoms with Gasteiger partial charge < -0.3 is 10.4 Å². The van der Waals surface area contributed by atoms with E-state index in [1.165, 1.54) is 6.20 Å². The number of aromatic carboxylic acids is 1. The summed E-state index contributed by atoms with van der Waals surface area (Å²) < 4.78 is 0. The minimum Gasteiger partial charge on any atom is -0.478 e. The van der Waals surface area contributed by atoms with E-state index >= 15 is 0 Å². The second-order valence-electron chi connectivity index (χ2n) is 3.42. The first kappa shape index (κ1) is 8.93. The fourth-order valence-electron chi connectivity index (χ4n) is 1.16. The Balaban J connectivity index is 2.20. The van der Waals surface area contributed by atoms with E-state index < -0.39 is 5.97 Å². The number of carboxylic acids is 1. The Morgan fingerprint density at radius 1 is 1.64 bits per heavy atom. The number of hydrogen-bond donors (Lipinski definition) is 2. The van der Waals surface area contributed by atoms with Crippen LogP contribution in [0.3, 0.4) is 0 Å². The molecule has 0 atom stereocenters. The Hall–Kier alpha value is -1.65. The van der Waals surface area contributed by atoms with Crippen LogP contribution in [0.4, 0.5) is 5.95 Å². The van der Waals surface area contributed by atoms with Crippen LogP contribution in [0, 0.1) is 6.92 Å². The van der Waals surface area contributed by atoms with Gasteiger partial charge in [0.05, 0.1) is 11.3 Å². The van der Waals surface area contributed by atoms with Crippen LogP contribution < -0.4 is 5.32 Å². The topological polar surface area (TPSA) is 75.1 Å². The highest BCUT2D eigenvalue weighted by molar-refractivity contribution is 5.88. The molecule has 1 saturated carbocycles. The Bertz CT molecular complexity index is 374. The summed E-state index contributed by atoms with van der Waals surface area (Å²) in [5, 5.41) is 11.9. The molecule has 0 aromatic carbocycles. The van der Waals surface area contributed by atoms with E-state index in [-0.39, 0.29) is 5.56 Å². The molecule has 2 rings (SSSR count). The number of nitrogens with zero attached hydrogens (tertiary/aromatic N) is 2. The van der Waals surface area contributed by atoms with Gasteiger partial charge in [-0.2, -0.15) is 0 Å². The van der Waals surface area contributed by atoms with Gasteiger partial charge in [-0.15, -0.1) is 0 Å². The number of carboxylic acid groups (broad SMARTS) is 1. The summed E-state index contributed by atoms with van der Waals surface area (Å²) in [4.78, 5) is 18.7. The maximum Gasteiger partial charge on any atom is 0.339 e. The minimum absolute atomic E-state index is 0.159. The lowest BCUT2D eigenvalue weighted by Gasteiger charge is -2.04. The third-order valence-electron chi connectivity index (χ3n) is 2.12. The Kier molecular flexibility index (Phi) is 2.07. The van der Waals surface area contributed by atoms with Gasteiger partial charge in [0.1, 0.15) is 0 Å². The molecular weight excluding hydrogens is 182 g/mol. The van der Waals surface area contributed by atoms with Gasteiger partial charge in [0.2, 0.25) is 5.95 Å². The molecule has 2 N–H and O–H groups in total. The van der Waals surface area contributed by atoms with Crippen LogP contribution in [-0.4, -0.2) is 27.1 Å². The predicted molar refractivity (Wildman–Crippen MR) is 50.4 cm³/mol. The Labute approximate surface area is 81.2 Å². The zero-order chi connectivity index (χ0) is 10.1. The first-order valence-electron chi connectivity index (χ1n) is 4.50. The number of hydrogen-bond acceptors (Lipinski definition) is 4. The predicted octanol–water partition coefficient (Wildman–Crippen LogP) is 1.06. The van der Waals surface area contributed by atoms with E-state index in [1.54, 1.807) is 6.92 Å². The Morgan fingerprint density at radius 2 is 2.36 bits per heavy atom. The smallest absolute Gasteiger partial charge is 0.339 e. The fourth-order valence-corrected chi connectivity index (χ4v) is 1.16. The van der Waals surface area contributed by atoms with E-state index in [0.29, 0.717) is 17.7 Å². The molecule has 0 radical (unpaired) electrons. The average molecular weight is 193 g/mol. The third-order valence-corrected chi connectivity index (χ3v) is 2.12. The number of aromatic nitrogens is 2. The lowest BCUT2D eigenvalue weighted by Crippen LogP contribution is -2.09. The van der Waals surface area contributed by atoms with Gasteiger partial charge in [0, 0.05) is 12.2 Å². The molecular formula is C9H11N3O2. The second-order valence-corrected chi connectivity index (χ2v) is 3.42. The second kappa shape index (κ2) is 3.25. The van der Waals surface area contributed by atoms with Gasteiger partial charge >= 0.3 is 5.97 Å². The summed E-state index contributed by atoms with van der Waals surface area (Å²) in [6, 6.07) is 0.477. The van der Waals surface area contributed by atoms with E-state index in [0.717, 1.165) is 12.8 Å². The monoisotopic (exact) mass is 193 g/mol. The molecule has 1 aromatic rings. The standard InChI is InChI=1S/C9H11N3O2/c1-5-7(8(13)14)4-10-9(11-5)12-6-2-3-6/h4,6H,2-3H2,1H3,(H,13,14)(H,10,11,12). The molecule has 1 aliphatic rings. The van der Waals surface area contributed by atoms with Gasteiger partial charge in [-0.3, -0.25) is 0 Å². The first-order valence-corrected chi connectivity index (χ1v) is 4.50. The lowest BCUT2D eigenvalue weighted by molar-refractivity contribution is 0.0695. The van der Waals surface area contributed by atoms with Crippen LogP contribution in [0.15, 0.2) is 6.20 Å². The summed E-state index contributed by atoms with van der Waals surface area (Å²) in [7, 11) is 0. The highest BCUT2D eigenvalue weighted by atomic mass is 16.4. The highest BCUT2D eigenvalue weighted by Gasteiger charge is 2.22. The minimum atomic E-state index is -0.986. The summed E-state index contributed by atoms with van der Waals surface area (Å²) >= 11 is 0.